The molecule has 0 amide bonds. The minimum atomic E-state index is -0.896. The van der Waals surface area contributed by atoms with Crippen molar-refractivity contribution in [3.63, 3.8) is 0 Å². The van der Waals surface area contributed by atoms with Crippen LogP contribution in [0.25, 0.3) is 0 Å². The number of hydrogen-bond acceptors (Lipinski definition) is 2. The van der Waals surface area contributed by atoms with E-state index >= 15 is 0 Å². The van der Waals surface area contributed by atoms with Gasteiger partial charge < -0.3 is 10.2 Å². The first-order valence-electron chi connectivity index (χ1n) is 3.77. The summed E-state index contributed by atoms with van der Waals surface area (Å²) in [5.74, 6) is -0.896. The normalized spacial score (nSPS) is 10.6. The molecule has 0 unspecified atom stereocenters. The molecule has 3 heteroatoms. The van der Waals surface area contributed by atoms with Crippen molar-refractivity contribution in [3.8, 4) is 0 Å². The van der Waals surface area contributed by atoms with Crippen molar-refractivity contribution in [3.05, 3.63) is 12.2 Å². The van der Waals surface area contributed by atoms with Crippen molar-refractivity contribution in [2.75, 3.05) is 6.61 Å². The van der Waals surface area contributed by atoms with Crippen LogP contribution in [-0.4, -0.2) is 22.8 Å². The van der Waals surface area contributed by atoms with Crippen molar-refractivity contribution in [1.29, 1.82) is 0 Å². The molecular formula is C8H14O3. The van der Waals surface area contributed by atoms with E-state index < -0.39 is 5.97 Å². The lowest BCUT2D eigenvalue weighted by molar-refractivity contribution is -0.131. The molecule has 0 spiro atoms. The van der Waals surface area contributed by atoms with Crippen molar-refractivity contribution in [2.24, 2.45) is 0 Å². The lowest BCUT2D eigenvalue weighted by Crippen LogP contribution is -1.86. The first-order valence-corrected chi connectivity index (χ1v) is 3.77. The van der Waals surface area contributed by atoms with Gasteiger partial charge in [0.25, 0.3) is 0 Å². The first-order chi connectivity index (χ1) is 5.27. The molecule has 0 fully saturated rings. The zero-order valence-corrected chi connectivity index (χ0v) is 6.49. The Morgan fingerprint density at radius 1 is 1.27 bits per heavy atom. The molecule has 0 rings (SSSR count). The molecule has 3 nitrogen and oxygen atoms in total. The summed E-state index contributed by atoms with van der Waals surface area (Å²) in [6.07, 6.45) is 6.29. The predicted octanol–water partition coefficient (Wildman–Crippen LogP) is 1.18. The summed E-state index contributed by atoms with van der Waals surface area (Å²) in [7, 11) is 0. The fourth-order valence-corrected chi connectivity index (χ4v) is 0.735. The number of carboxylic acids is 1. The number of aliphatic hydroxyl groups is 1. The Balaban J connectivity index is 3.07. The highest BCUT2D eigenvalue weighted by atomic mass is 16.4. The van der Waals surface area contributed by atoms with Crippen LogP contribution in [0.4, 0.5) is 0 Å². The third kappa shape index (κ3) is 9.17. The maximum Gasteiger partial charge on any atom is 0.327 e. The van der Waals surface area contributed by atoms with E-state index in [4.69, 9.17) is 10.2 Å². The van der Waals surface area contributed by atoms with Crippen LogP contribution in [0.3, 0.4) is 0 Å². The highest BCUT2D eigenvalue weighted by Crippen LogP contribution is 1.99. The highest BCUT2D eigenvalue weighted by Gasteiger charge is 1.86. The van der Waals surface area contributed by atoms with Gasteiger partial charge >= 0.3 is 5.97 Å². The molecule has 0 atom stereocenters. The van der Waals surface area contributed by atoms with E-state index in [0.717, 1.165) is 31.8 Å². The zero-order valence-electron chi connectivity index (χ0n) is 6.49. The van der Waals surface area contributed by atoms with Gasteiger partial charge in [-0.2, -0.15) is 0 Å². The van der Waals surface area contributed by atoms with Gasteiger partial charge in [-0.25, -0.2) is 4.79 Å². The van der Waals surface area contributed by atoms with E-state index in [0.29, 0.717) is 0 Å². The number of aliphatic carboxylic acids is 1. The maximum atomic E-state index is 9.96. The van der Waals surface area contributed by atoms with Gasteiger partial charge in [0.1, 0.15) is 0 Å². The molecule has 11 heavy (non-hydrogen) atoms. The van der Waals surface area contributed by atoms with Gasteiger partial charge in [-0.15, -0.1) is 0 Å². The molecule has 64 valence electrons. The van der Waals surface area contributed by atoms with Gasteiger partial charge in [0.05, 0.1) is 0 Å². The average Bonchev–Trinajstić information content (AvgIpc) is 1.96. The second kappa shape index (κ2) is 7.28. The number of rotatable bonds is 6. The Hall–Kier alpha value is -0.830. The Bertz CT molecular complexity index is 129. The Labute approximate surface area is 66.4 Å². The lowest BCUT2D eigenvalue weighted by Gasteiger charge is -1.92. The van der Waals surface area contributed by atoms with Crippen LogP contribution in [0.15, 0.2) is 12.2 Å². The quantitative estimate of drug-likeness (QED) is 0.450. The minimum Gasteiger partial charge on any atom is -0.478 e. The summed E-state index contributed by atoms with van der Waals surface area (Å²) < 4.78 is 0. The Kier molecular flexibility index (Phi) is 6.73. The second-order valence-corrected chi connectivity index (χ2v) is 2.31. The van der Waals surface area contributed by atoms with E-state index in [9.17, 15) is 4.79 Å². The SMILES string of the molecule is O=C(O)/C=C/CCCCCO. The van der Waals surface area contributed by atoms with Gasteiger partial charge in [-0.05, 0) is 19.3 Å². The molecule has 0 aliphatic carbocycles. The van der Waals surface area contributed by atoms with Crippen molar-refractivity contribution in [1.82, 2.24) is 0 Å². The Morgan fingerprint density at radius 3 is 2.55 bits per heavy atom. The average molecular weight is 158 g/mol. The molecule has 0 radical (unpaired) electrons. The standard InChI is InChI=1S/C8H14O3/c9-7-5-3-1-2-4-6-8(10)11/h4,6,9H,1-3,5,7H2,(H,10,11)/b6-4+. The molecule has 2 N–H and O–H groups in total. The van der Waals surface area contributed by atoms with Crippen molar-refractivity contribution >= 4 is 5.97 Å². The molecule has 0 aliphatic rings. The summed E-state index contributed by atoms with van der Waals surface area (Å²) in [5, 5.41) is 16.6. The van der Waals surface area contributed by atoms with Crippen LogP contribution < -0.4 is 0 Å². The highest BCUT2D eigenvalue weighted by molar-refractivity contribution is 5.79. The molecule has 0 saturated carbocycles. The molecule has 0 bridgehead atoms. The van der Waals surface area contributed by atoms with Crippen molar-refractivity contribution in [2.45, 2.75) is 25.7 Å². The van der Waals surface area contributed by atoms with Crippen LogP contribution in [0.1, 0.15) is 25.7 Å². The van der Waals surface area contributed by atoms with Gasteiger partial charge in [-0.1, -0.05) is 12.5 Å². The third-order valence-electron chi connectivity index (χ3n) is 1.29. The summed E-state index contributed by atoms with van der Waals surface area (Å²) in [6.45, 7) is 0.225. The summed E-state index contributed by atoms with van der Waals surface area (Å²) >= 11 is 0. The fraction of sp³-hybridized carbons (Fsp3) is 0.625. The number of hydrogen-bond donors (Lipinski definition) is 2. The van der Waals surface area contributed by atoms with Gasteiger partial charge in [0.15, 0.2) is 0 Å². The summed E-state index contributed by atoms with van der Waals surface area (Å²) in [6, 6.07) is 0. The van der Waals surface area contributed by atoms with Gasteiger partial charge in [-0.3, -0.25) is 0 Å². The lowest BCUT2D eigenvalue weighted by atomic mass is 10.2. The number of carboxylic acid groups (broad SMARTS) is 1. The first kappa shape index (κ1) is 10.2. The number of unbranched alkanes of at least 4 members (excludes halogenated alkanes) is 3. The third-order valence-corrected chi connectivity index (χ3v) is 1.29. The molecule has 0 heterocycles. The molecule has 0 aromatic carbocycles. The van der Waals surface area contributed by atoms with Crippen LogP contribution >= 0.6 is 0 Å². The monoisotopic (exact) mass is 158 g/mol. The van der Waals surface area contributed by atoms with Crippen LogP contribution in [0.5, 0.6) is 0 Å². The van der Waals surface area contributed by atoms with E-state index in [2.05, 4.69) is 0 Å². The predicted molar refractivity (Wildman–Crippen MR) is 42.3 cm³/mol. The van der Waals surface area contributed by atoms with E-state index in [-0.39, 0.29) is 6.61 Å². The van der Waals surface area contributed by atoms with Crippen LogP contribution in [0, 0.1) is 0 Å². The van der Waals surface area contributed by atoms with Crippen LogP contribution in [-0.2, 0) is 4.79 Å². The maximum absolute atomic E-state index is 9.96. The summed E-state index contributed by atoms with van der Waals surface area (Å²) in [4.78, 5) is 9.96. The van der Waals surface area contributed by atoms with E-state index in [1.165, 1.54) is 0 Å². The van der Waals surface area contributed by atoms with E-state index in [1.807, 2.05) is 0 Å². The molecule has 0 aromatic heterocycles. The number of carbonyl (C=O) groups is 1. The minimum absolute atomic E-state index is 0.225. The molecular weight excluding hydrogens is 144 g/mol. The molecule has 0 aromatic rings. The zero-order chi connectivity index (χ0) is 8.53. The number of aliphatic hydroxyl groups excluding tert-OH is 1. The Morgan fingerprint density at radius 2 is 2.00 bits per heavy atom. The van der Waals surface area contributed by atoms with Crippen LogP contribution in [0.2, 0.25) is 0 Å². The molecule has 0 aliphatic heterocycles. The van der Waals surface area contributed by atoms with Crippen molar-refractivity contribution < 1.29 is 15.0 Å². The fourth-order valence-electron chi connectivity index (χ4n) is 0.735. The number of allylic oxidation sites excluding steroid dienone is 1. The largest absolute Gasteiger partial charge is 0.478 e. The summed E-state index contributed by atoms with van der Waals surface area (Å²) in [5.41, 5.74) is 0. The second-order valence-electron chi connectivity index (χ2n) is 2.31. The van der Waals surface area contributed by atoms with E-state index in [1.54, 1.807) is 6.08 Å². The van der Waals surface area contributed by atoms with Gasteiger partial charge in [0, 0.05) is 12.7 Å². The molecule has 0 saturated heterocycles. The topological polar surface area (TPSA) is 57.5 Å². The van der Waals surface area contributed by atoms with Gasteiger partial charge in [0.2, 0.25) is 0 Å². The smallest absolute Gasteiger partial charge is 0.327 e.